The fourth-order valence-electron chi connectivity index (χ4n) is 2.43. The molecule has 0 radical (unpaired) electrons. The molecule has 2 N–H and O–H groups in total. The first-order valence-corrected chi connectivity index (χ1v) is 7.64. The molecule has 1 aromatic carbocycles. The Balaban J connectivity index is 2.61. The van der Waals surface area contributed by atoms with Gasteiger partial charge in [0, 0.05) is 47.2 Å². The van der Waals surface area contributed by atoms with Crippen molar-refractivity contribution < 1.29 is 10.2 Å². The summed E-state index contributed by atoms with van der Waals surface area (Å²) in [7, 11) is 0. The van der Waals surface area contributed by atoms with E-state index in [1.54, 1.807) is 0 Å². The molecule has 0 aliphatic heterocycles. The summed E-state index contributed by atoms with van der Waals surface area (Å²) in [5, 5.41) is 29.0. The summed E-state index contributed by atoms with van der Waals surface area (Å²) in [5.74, 6) is -0.211. The van der Waals surface area contributed by atoms with Crippen LogP contribution in [-0.4, -0.2) is 28.0 Å². The highest BCUT2D eigenvalue weighted by Crippen LogP contribution is 2.33. The molecule has 2 rings (SSSR count). The Morgan fingerprint density at radius 2 is 2.00 bits per heavy atom. The van der Waals surface area contributed by atoms with E-state index < -0.39 is 5.41 Å². The van der Waals surface area contributed by atoms with E-state index in [1.807, 2.05) is 42.8 Å². The summed E-state index contributed by atoms with van der Waals surface area (Å²) in [5.41, 5.74) is 1.36. The van der Waals surface area contributed by atoms with Gasteiger partial charge in [-0.1, -0.05) is 22.0 Å². The van der Waals surface area contributed by atoms with Crippen LogP contribution < -0.4 is 0 Å². The van der Waals surface area contributed by atoms with Crippen LogP contribution in [0.15, 0.2) is 28.9 Å². The summed E-state index contributed by atoms with van der Waals surface area (Å²) in [6.45, 7) is 4.16. The summed E-state index contributed by atoms with van der Waals surface area (Å²) < 4.78 is 2.96. The lowest BCUT2D eigenvalue weighted by molar-refractivity contribution is 0.138. The molecular formula is C16H19BrN2O2. The van der Waals surface area contributed by atoms with E-state index in [-0.39, 0.29) is 19.1 Å². The standard InChI is InChI=1S/C16H19BrN2O2/c1-16(2,10-18)14-7-19(6-11(8-20)9-21)15-5-12(17)3-4-13(14)15/h3-5,7,11,20-21H,6,8-9H2,1-2H3. The number of halogens is 1. The number of hydrogen-bond acceptors (Lipinski definition) is 3. The maximum absolute atomic E-state index is 9.40. The van der Waals surface area contributed by atoms with Crippen molar-refractivity contribution in [2.75, 3.05) is 13.2 Å². The Morgan fingerprint density at radius 1 is 1.33 bits per heavy atom. The Bertz CT molecular complexity index is 681. The molecule has 1 heterocycles. The number of nitrogens with zero attached hydrogens (tertiary/aromatic N) is 2. The SMILES string of the molecule is CC(C)(C#N)c1cn(CC(CO)CO)c2cc(Br)ccc12. The first kappa shape index (κ1) is 16.0. The number of fused-ring (bicyclic) bond motifs is 1. The number of benzene rings is 1. The van der Waals surface area contributed by atoms with Crippen molar-refractivity contribution in [3.05, 3.63) is 34.4 Å². The minimum atomic E-state index is -0.592. The van der Waals surface area contributed by atoms with Crippen molar-refractivity contribution in [2.45, 2.75) is 25.8 Å². The molecule has 0 spiro atoms. The van der Waals surface area contributed by atoms with Gasteiger partial charge in [0.2, 0.25) is 0 Å². The van der Waals surface area contributed by atoms with E-state index in [0.717, 1.165) is 20.9 Å². The zero-order valence-corrected chi connectivity index (χ0v) is 13.8. The van der Waals surface area contributed by atoms with Crippen molar-refractivity contribution in [1.29, 1.82) is 5.26 Å². The summed E-state index contributed by atoms with van der Waals surface area (Å²) in [4.78, 5) is 0. The fraction of sp³-hybridized carbons (Fsp3) is 0.438. The van der Waals surface area contributed by atoms with Crippen LogP contribution in [0.25, 0.3) is 10.9 Å². The van der Waals surface area contributed by atoms with Gasteiger partial charge in [-0.15, -0.1) is 0 Å². The second-order valence-electron chi connectivity index (χ2n) is 5.82. The summed E-state index contributed by atoms with van der Waals surface area (Å²) >= 11 is 3.47. The predicted octanol–water partition coefficient (Wildman–Crippen LogP) is 2.81. The van der Waals surface area contributed by atoms with Crippen LogP contribution in [0.5, 0.6) is 0 Å². The number of hydrogen-bond donors (Lipinski definition) is 2. The molecule has 5 heteroatoms. The first-order chi connectivity index (χ1) is 9.92. The van der Waals surface area contributed by atoms with Gasteiger partial charge in [0.15, 0.2) is 0 Å². The number of aromatic nitrogens is 1. The second-order valence-corrected chi connectivity index (χ2v) is 6.74. The van der Waals surface area contributed by atoms with Gasteiger partial charge < -0.3 is 14.8 Å². The highest BCUT2D eigenvalue weighted by atomic mass is 79.9. The maximum atomic E-state index is 9.40. The first-order valence-electron chi connectivity index (χ1n) is 6.84. The van der Waals surface area contributed by atoms with Gasteiger partial charge in [-0.2, -0.15) is 5.26 Å². The number of rotatable bonds is 5. The summed E-state index contributed by atoms with van der Waals surface area (Å²) in [6.07, 6.45) is 1.96. The Morgan fingerprint density at radius 3 is 2.57 bits per heavy atom. The third-order valence-corrected chi connectivity index (χ3v) is 4.26. The Kier molecular flexibility index (Phi) is 4.72. The van der Waals surface area contributed by atoms with Crippen LogP contribution in [0.2, 0.25) is 0 Å². The minimum absolute atomic E-state index is 0.0683. The molecule has 0 fully saturated rings. The average molecular weight is 351 g/mol. The quantitative estimate of drug-likeness (QED) is 0.870. The Hall–Kier alpha value is -1.35. The lowest BCUT2D eigenvalue weighted by Crippen LogP contribution is -2.18. The van der Waals surface area contributed by atoms with E-state index in [1.165, 1.54) is 0 Å². The van der Waals surface area contributed by atoms with Crippen LogP contribution in [0.4, 0.5) is 0 Å². The van der Waals surface area contributed by atoms with Crippen molar-refractivity contribution >= 4 is 26.8 Å². The third-order valence-electron chi connectivity index (χ3n) is 3.77. The molecule has 4 nitrogen and oxygen atoms in total. The largest absolute Gasteiger partial charge is 0.396 e. The zero-order valence-electron chi connectivity index (χ0n) is 12.2. The molecule has 21 heavy (non-hydrogen) atoms. The van der Waals surface area contributed by atoms with Crippen LogP contribution in [0, 0.1) is 17.2 Å². The lowest BCUT2D eigenvalue weighted by atomic mass is 9.86. The van der Waals surface area contributed by atoms with Gasteiger partial charge in [-0.3, -0.25) is 0 Å². The smallest absolute Gasteiger partial charge is 0.0787 e. The number of aliphatic hydroxyl groups is 2. The van der Waals surface area contributed by atoms with Gasteiger partial charge in [-0.05, 0) is 31.5 Å². The topological polar surface area (TPSA) is 69.2 Å². The van der Waals surface area contributed by atoms with Crippen molar-refractivity contribution in [1.82, 2.24) is 4.57 Å². The molecule has 0 saturated heterocycles. The normalized spacial score (nSPS) is 12.0. The van der Waals surface area contributed by atoms with Gasteiger partial charge >= 0.3 is 0 Å². The maximum Gasteiger partial charge on any atom is 0.0787 e. The van der Waals surface area contributed by atoms with E-state index in [4.69, 9.17) is 0 Å². The van der Waals surface area contributed by atoms with E-state index in [2.05, 4.69) is 22.0 Å². The average Bonchev–Trinajstić information content (AvgIpc) is 2.83. The molecule has 1 aromatic heterocycles. The molecule has 0 bridgehead atoms. The van der Waals surface area contributed by atoms with Crippen LogP contribution in [-0.2, 0) is 12.0 Å². The predicted molar refractivity (Wildman–Crippen MR) is 85.9 cm³/mol. The van der Waals surface area contributed by atoms with Gasteiger partial charge in [0.1, 0.15) is 0 Å². The molecule has 112 valence electrons. The molecule has 0 atom stereocenters. The molecule has 0 aliphatic rings. The van der Waals surface area contributed by atoms with E-state index in [0.29, 0.717) is 6.54 Å². The molecule has 0 aliphatic carbocycles. The molecule has 0 saturated carbocycles. The molecule has 0 amide bonds. The fourth-order valence-corrected chi connectivity index (χ4v) is 2.77. The van der Waals surface area contributed by atoms with Gasteiger partial charge in [-0.25, -0.2) is 0 Å². The highest BCUT2D eigenvalue weighted by molar-refractivity contribution is 9.10. The van der Waals surface area contributed by atoms with Gasteiger partial charge in [0.05, 0.1) is 11.5 Å². The third kappa shape index (κ3) is 3.13. The Labute approximate surface area is 132 Å². The minimum Gasteiger partial charge on any atom is -0.396 e. The van der Waals surface area contributed by atoms with Gasteiger partial charge in [0.25, 0.3) is 0 Å². The van der Waals surface area contributed by atoms with E-state index in [9.17, 15) is 15.5 Å². The number of nitriles is 1. The molecule has 2 aromatic rings. The number of aliphatic hydroxyl groups excluding tert-OH is 2. The second kappa shape index (κ2) is 6.18. The van der Waals surface area contributed by atoms with Crippen molar-refractivity contribution in [2.24, 2.45) is 5.92 Å². The van der Waals surface area contributed by atoms with Crippen molar-refractivity contribution in [3.63, 3.8) is 0 Å². The molecular weight excluding hydrogens is 332 g/mol. The van der Waals surface area contributed by atoms with E-state index >= 15 is 0 Å². The monoisotopic (exact) mass is 350 g/mol. The molecule has 0 unspecified atom stereocenters. The van der Waals surface area contributed by atoms with Crippen LogP contribution >= 0.6 is 15.9 Å². The summed E-state index contributed by atoms with van der Waals surface area (Å²) in [6, 6.07) is 8.29. The van der Waals surface area contributed by atoms with Crippen LogP contribution in [0.3, 0.4) is 0 Å². The van der Waals surface area contributed by atoms with Crippen LogP contribution in [0.1, 0.15) is 19.4 Å². The van der Waals surface area contributed by atoms with Crippen molar-refractivity contribution in [3.8, 4) is 6.07 Å². The lowest BCUT2D eigenvalue weighted by Gasteiger charge is -2.14. The highest BCUT2D eigenvalue weighted by Gasteiger charge is 2.25. The zero-order chi connectivity index (χ0) is 15.6.